The van der Waals surface area contributed by atoms with Crippen LogP contribution in [0, 0.1) is 5.92 Å². The van der Waals surface area contributed by atoms with E-state index >= 15 is 0 Å². The molecule has 0 spiro atoms. The molecule has 1 rings (SSSR count). The summed E-state index contributed by atoms with van der Waals surface area (Å²) in [4.78, 5) is 10.6. The van der Waals surface area contributed by atoms with E-state index in [1.54, 1.807) is 0 Å². The second kappa shape index (κ2) is 5.32. The summed E-state index contributed by atoms with van der Waals surface area (Å²) >= 11 is 0. The van der Waals surface area contributed by atoms with Gasteiger partial charge < -0.3 is 15.9 Å². The molecule has 0 heterocycles. The first-order valence-electron chi connectivity index (χ1n) is 5.29. The number of aliphatic hydroxyl groups excluding tert-OH is 1. The van der Waals surface area contributed by atoms with E-state index < -0.39 is 18.1 Å². The molecular formula is C10H19NO3. The maximum Gasteiger partial charge on any atom is 0.323 e. The zero-order valence-corrected chi connectivity index (χ0v) is 8.35. The predicted molar refractivity (Wildman–Crippen MR) is 52.8 cm³/mol. The van der Waals surface area contributed by atoms with Crippen molar-refractivity contribution in [1.29, 1.82) is 0 Å². The number of nitrogens with two attached hydrogens (primary N) is 1. The van der Waals surface area contributed by atoms with Crippen LogP contribution in [-0.4, -0.2) is 28.3 Å². The van der Waals surface area contributed by atoms with Crippen LogP contribution in [0.4, 0.5) is 0 Å². The molecule has 0 saturated heterocycles. The smallest absolute Gasteiger partial charge is 0.323 e. The number of hydrogen-bond donors (Lipinski definition) is 3. The van der Waals surface area contributed by atoms with E-state index in [2.05, 4.69) is 0 Å². The minimum atomic E-state index is -1.13. The summed E-state index contributed by atoms with van der Waals surface area (Å²) in [5, 5.41) is 18.4. The van der Waals surface area contributed by atoms with Gasteiger partial charge in [-0.1, -0.05) is 25.7 Å². The molecule has 4 N–H and O–H groups in total. The monoisotopic (exact) mass is 201 g/mol. The normalized spacial score (nSPS) is 23.9. The van der Waals surface area contributed by atoms with Crippen molar-refractivity contribution in [3.05, 3.63) is 0 Å². The molecule has 14 heavy (non-hydrogen) atoms. The number of aliphatic carboxylic acids is 1. The molecule has 0 aromatic rings. The fourth-order valence-corrected chi connectivity index (χ4v) is 2.09. The van der Waals surface area contributed by atoms with E-state index in [1.807, 2.05) is 0 Å². The van der Waals surface area contributed by atoms with E-state index in [9.17, 15) is 9.90 Å². The Hall–Kier alpha value is -0.610. The topological polar surface area (TPSA) is 83.6 Å². The van der Waals surface area contributed by atoms with Gasteiger partial charge in [0.15, 0.2) is 0 Å². The summed E-state index contributed by atoms with van der Waals surface area (Å²) < 4.78 is 0. The molecule has 0 aliphatic heterocycles. The number of carboxylic acid groups (broad SMARTS) is 1. The first kappa shape index (κ1) is 11.5. The highest BCUT2D eigenvalue weighted by Gasteiger charge is 2.29. The van der Waals surface area contributed by atoms with Crippen molar-refractivity contribution in [3.63, 3.8) is 0 Å². The molecular weight excluding hydrogens is 182 g/mol. The van der Waals surface area contributed by atoms with Gasteiger partial charge in [0.1, 0.15) is 6.04 Å². The van der Waals surface area contributed by atoms with E-state index in [0.29, 0.717) is 0 Å². The molecule has 1 saturated carbocycles. The molecule has 0 aromatic carbocycles. The minimum Gasteiger partial charge on any atom is -0.480 e. The summed E-state index contributed by atoms with van der Waals surface area (Å²) in [6.45, 7) is 0. The fourth-order valence-electron chi connectivity index (χ4n) is 2.09. The Morgan fingerprint density at radius 3 is 2.14 bits per heavy atom. The third-order valence-electron chi connectivity index (χ3n) is 3.04. The zero-order chi connectivity index (χ0) is 10.6. The molecule has 0 radical (unpaired) electrons. The van der Waals surface area contributed by atoms with Gasteiger partial charge in [-0.25, -0.2) is 0 Å². The van der Waals surface area contributed by atoms with Crippen LogP contribution in [0.2, 0.25) is 0 Å². The van der Waals surface area contributed by atoms with Crippen molar-refractivity contribution in [2.75, 3.05) is 0 Å². The zero-order valence-electron chi connectivity index (χ0n) is 8.35. The number of aliphatic hydroxyl groups is 1. The van der Waals surface area contributed by atoms with Gasteiger partial charge in [0.2, 0.25) is 0 Å². The van der Waals surface area contributed by atoms with Crippen LogP contribution < -0.4 is 5.73 Å². The van der Waals surface area contributed by atoms with Gasteiger partial charge in [0.25, 0.3) is 0 Å². The van der Waals surface area contributed by atoms with Gasteiger partial charge in [0, 0.05) is 0 Å². The van der Waals surface area contributed by atoms with Gasteiger partial charge in [0.05, 0.1) is 6.10 Å². The van der Waals surface area contributed by atoms with Crippen LogP contribution in [0.5, 0.6) is 0 Å². The Bertz CT molecular complexity index is 188. The van der Waals surface area contributed by atoms with Crippen molar-refractivity contribution >= 4 is 5.97 Å². The first-order chi connectivity index (χ1) is 6.63. The van der Waals surface area contributed by atoms with Crippen molar-refractivity contribution in [2.45, 2.75) is 50.7 Å². The largest absolute Gasteiger partial charge is 0.480 e. The second-order valence-electron chi connectivity index (χ2n) is 4.11. The van der Waals surface area contributed by atoms with Crippen molar-refractivity contribution in [3.8, 4) is 0 Å². The van der Waals surface area contributed by atoms with Crippen LogP contribution >= 0.6 is 0 Å². The molecule has 0 amide bonds. The lowest BCUT2D eigenvalue weighted by Crippen LogP contribution is -2.45. The van der Waals surface area contributed by atoms with Crippen LogP contribution in [-0.2, 0) is 4.79 Å². The molecule has 1 fully saturated rings. The third-order valence-corrected chi connectivity index (χ3v) is 3.04. The van der Waals surface area contributed by atoms with Gasteiger partial charge in [-0.15, -0.1) is 0 Å². The summed E-state index contributed by atoms with van der Waals surface area (Å²) in [5.74, 6) is -1.04. The molecule has 4 heteroatoms. The highest BCUT2D eigenvalue weighted by molar-refractivity contribution is 5.73. The van der Waals surface area contributed by atoms with Crippen molar-refractivity contribution in [2.24, 2.45) is 11.7 Å². The third kappa shape index (κ3) is 2.96. The lowest BCUT2D eigenvalue weighted by atomic mass is 9.90. The Kier molecular flexibility index (Phi) is 4.35. The maximum absolute atomic E-state index is 10.6. The summed E-state index contributed by atoms with van der Waals surface area (Å²) in [6, 6.07) is -1.13. The highest BCUT2D eigenvalue weighted by atomic mass is 16.4. The average molecular weight is 201 g/mol. The fraction of sp³-hybridized carbons (Fsp3) is 0.900. The molecule has 2 unspecified atom stereocenters. The average Bonchev–Trinajstić information content (AvgIpc) is 2.43. The van der Waals surface area contributed by atoms with Gasteiger partial charge in [-0.05, 0) is 18.8 Å². The van der Waals surface area contributed by atoms with E-state index in [1.165, 1.54) is 12.8 Å². The Balaban J connectivity index is 2.48. The lowest BCUT2D eigenvalue weighted by molar-refractivity contribution is -0.142. The maximum atomic E-state index is 10.6. The van der Waals surface area contributed by atoms with Crippen LogP contribution in [0.15, 0.2) is 0 Å². The van der Waals surface area contributed by atoms with E-state index in [4.69, 9.17) is 10.8 Å². The number of carboxylic acids is 1. The van der Waals surface area contributed by atoms with Crippen molar-refractivity contribution < 1.29 is 15.0 Å². The molecule has 0 bridgehead atoms. The lowest BCUT2D eigenvalue weighted by Gasteiger charge is -2.23. The van der Waals surface area contributed by atoms with Gasteiger partial charge >= 0.3 is 5.97 Å². The van der Waals surface area contributed by atoms with Crippen molar-refractivity contribution in [1.82, 2.24) is 0 Å². The predicted octanol–water partition coefficient (Wildman–Crippen LogP) is 0.730. The number of carbonyl (C=O) groups is 1. The van der Waals surface area contributed by atoms with Crippen LogP contribution in [0.1, 0.15) is 38.5 Å². The molecule has 2 atom stereocenters. The Labute approximate surface area is 84.1 Å². The molecule has 1 aliphatic rings. The SMILES string of the molecule is NC(C(=O)O)C(O)C1CCCCCC1. The Morgan fingerprint density at radius 1 is 1.21 bits per heavy atom. The quantitative estimate of drug-likeness (QED) is 0.588. The van der Waals surface area contributed by atoms with Crippen LogP contribution in [0.3, 0.4) is 0 Å². The highest BCUT2D eigenvalue weighted by Crippen LogP contribution is 2.26. The molecule has 0 aromatic heterocycles. The molecule has 82 valence electrons. The van der Waals surface area contributed by atoms with Crippen LogP contribution in [0.25, 0.3) is 0 Å². The standard InChI is InChI=1S/C10H19NO3/c11-8(10(13)14)9(12)7-5-3-1-2-4-6-7/h7-9,12H,1-6,11H2,(H,13,14). The first-order valence-corrected chi connectivity index (χ1v) is 5.29. The van der Waals surface area contributed by atoms with E-state index in [-0.39, 0.29) is 5.92 Å². The second-order valence-corrected chi connectivity index (χ2v) is 4.11. The van der Waals surface area contributed by atoms with Gasteiger partial charge in [-0.2, -0.15) is 0 Å². The molecule has 1 aliphatic carbocycles. The number of rotatable bonds is 3. The number of hydrogen-bond acceptors (Lipinski definition) is 3. The summed E-state index contributed by atoms with van der Waals surface area (Å²) in [7, 11) is 0. The minimum absolute atomic E-state index is 0.0728. The molecule has 4 nitrogen and oxygen atoms in total. The summed E-state index contributed by atoms with van der Waals surface area (Å²) in [6.07, 6.45) is 5.45. The Morgan fingerprint density at radius 2 is 1.71 bits per heavy atom. The summed E-state index contributed by atoms with van der Waals surface area (Å²) in [5.41, 5.74) is 5.39. The van der Waals surface area contributed by atoms with E-state index in [0.717, 1.165) is 25.7 Å². The van der Waals surface area contributed by atoms with Gasteiger partial charge in [-0.3, -0.25) is 4.79 Å².